The summed E-state index contributed by atoms with van der Waals surface area (Å²) >= 11 is 7.16. The highest BCUT2D eigenvalue weighted by molar-refractivity contribution is 7.19. The molecule has 2 amide bonds. The number of fused-ring (bicyclic) bond motifs is 1. The lowest BCUT2D eigenvalue weighted by atomic mass is 10.2. The Balaban J connectivity index is 1.22. The molecule has 3 heterocycles. The summed E-state index contributed by atoms with van der Waals surface area (Å²) in [6.07, 6.45) is 0. The number of anilines is 1. The Morgan fingerprint density at radius 3 is 2.59 bits per heavy atom. The van der Waals surface area contributed by atoms with Crippen molar-refractivity contribution >= 4 is 39.6 Å². The Bertz CT molecular complexity index is 1400. The number of aromatic nitrogens is 3. The molecule has 0 saturated carbocycles. The maximum absolute atomic E-state index is 13.3. The number of nitrogens with zero attached hydrogens (tertiary/aromatic N) is 5. The standard InChI is InChI=1S/C23H20ClFN6O2S/c24-18-12-16(6-7-19(18)25)26-22(33)30-10-8-29(9-11-30)14-17-13-20(32)31-23(27-17)34-21(28-31)15-4-2-1-3-5-15/h1-7,12-13H,8-11,14H2,(H,26,33). The maximum Gasteiger partial charge on any atom is 0.321 e. The average Bonchev–Trinajstić information content (AvgIpc) is 3.27. The van der Waals surface area contributed by atoms with E-state index in [4.69, 9.17) is 11.6 Å². The van der Waals surface area contributed by atoms with Crippen LogP contribution in [0.25, 0.3) is 15.5 Å². The van der Waals surface area contributed by atoms with E-state index in [1.165, 1.54) is 40.1 Å². The predicted octanol–water partition coefficient (Wildman–Crippen LogP) is 3.96. The molecule has 0 atom stereocenters. The smallest absolute Gasteiger partial charge is 0.321 e. The second-order valence-electron chi connectivity index (χ2n) is 7.88. The van der Waals surface area contributed by atoms with Gasteiger partial charge < -0.3 is 10.2 Å². The molecule has 1 N–H and O–H groups in total. The number of hydrogen-bond acceptors (Lipinski definition) is 6. The van der Waals surface area contributed by atoms with Gasteiger partial charge in [0.1, 0.15) is 10.8 Å². The minimum Gasteiger partial charge on any atom is -0.322 e. The summed E-state index contributed by atoms with van der Waals surface area (Å²) in [6.45, 7) is 2.81. The first-order valence-corrected chi connectivity index (χ1v) is 11.8. The minimum absolute atomic E-state index is 0.0418. The van der Waals surface area contributed by atoms with Crippen LogP contribution in [0, 0.1) is 5.82 Å². The molecule has 2 aromatic heterocycles. The second-order valence-corrected chi connectivity index (χ2v) is 9.24. The van der Waals surface area contributed by atoms with Crippen LogP contribution in [-0.2, 0) is 6.54 Å². The van der Waals surface area contributed by atoms with Gasteiger partial charge >= 0.3 is 6.03 Å². The Kier molecular flexibility index (Phi) is 6.27. The molecule has 4 aromatic rings. The van der Waals surface area contributed by atoms with Crippen LogP contribution >= 0.6 is 22.9 Å². The first kappa shape index (κ1) is 22.5. The zero-order valence-corrected chi connectivity index (χ0v) is 19.5. The summed E-state index contributed by atoms with van der Waals surface area (Å²) in [5.74, 6) is -0.533. The fourth-order valence-electron chi connectivity index (χ4n) is 3.75. The number of piperazine rings is 1. The molecule has 174 valence electrons. The van der Waals surface area contributed by atoms with Gasteiger partial charge in [-0.25, -0.2) is 14.2 Å². The maximum atomic E-state index is 13.3. The molecule has 2 aromatic carbocycles. The van der Waals surface area contributed by atoms with E-state index in [-0.39, 0.29) is 16.6 Å². The molecule has 11 heteroatoms. The van der Waals surface area contributed by atoms with Crippen molar-refractivity contribution in [3.63, 3.8) is 0 Å². The predicted molar refractivity (Wildman–Crippen MR) is 130 cm³/mol. The van der Waals surface area contributed by atoms with E-state index >= 15 is 0 Å². The van der Waals surface area contributed by atoms with Crippen molar-refractivity contribution < 1.29 is 9.18 Å². The highest BCUT2D eigenvalue weighted by Crippen LogP contribution is 2.24. The summed E-state index contributed by atoms with van der Waals surface area (Å²) < 4.78 is 14.6. The number of carbonyl (C=O) groups is 1. The fourth-order valence-corrected chi connectivity index (χ4v) is 4.86. The number of amides is 2. The lowest BCUT2D eigenvalue weighted by Crippen LogP contribution is -2.49. The topological polar surface area (TPSA) is 82.8 Å². The molecule has 0 spiro atoms. The summed E-state index contributed by atoms with van der Waals surface area (Å²) in [7, 11) is 0. The Hall–Kier alpha value is -3.34. The molecule has 5 rings (SSSR count). The normalized spacial score (nSPS) is 14.5. The number of halogens is 2. The monoisotopic (exact) mass is 498 g/mol. The summed E-state index contributed by atoms with van der Waals surface area (Å²) in [6, 6.07) is 15.0. The molecule has 0 bridgehead atoms. The van der Waals surface area contributed by atoms with E-state index in [2.05, 4.69) is 20.3 Å². The lowest BCUT2D eigenvalue weighted by Gasteiger charge is -2.34. The Morgan fingerprint density at radius 1 is 1.09 bits per heavy atom. The largest absolute Gasteiger partial charge is 0.322 e. The number of nitrogens with one attached hydrogen (secondary N) is 1. The quantitative estimate of drug-likeness (QED) is 0.460. The number of carbonyl (C=O) groups excluding carboxylic acids is 1. The third-order valence-corrected chi connectivity index (χ3v) is 6.78. The van der Waals surface area contributed by atoms with Crippen LogP contribution in [0.15, 0.2) is 59.4 Å². The van der Waals surface area contributed by atoms with Gasteiger partial charge in [0, 0.05) is 50.0 Å². The van der Waals surface area contributed by atoms with Crippen LogP contribution in [0.5, 0.6) is 0 Å². The average molecular weight is 499 g/mol. The van der Waals surface area contributed by atoms with Crippen LogP contribution in [0.3, 0.4) is 0 Å². The van der Waals surface area contributed by atoms with Gasteiger partial charge in [-0.15, -0.1) is 0 Å². The van der Waals surface area contributed by atoms with Gasteiger partial charge in [0.25, 0.3) is 5.56 Å². The second kappa shape index (κ2) is 9.49. The van der Waals surface area contributed by atoms with Gasteiger partial charge in [-0.1, -0.05) is 53.3 Å². The molecule has 1 aliphatic heterocycles. The molecule has 8 nitrogen and oxygen atoms in total. The van der Waals surface area contributed by atoms with Crippen molar-refractivity contribution in [3.05, 3.63) is 81.5 Å². The first-order valence-electron chi connectivity index (χ1n) is 10.6. The number of hydrogen-bond donors (Lipinski definition) is 1. The van der Waals surface area contributed by atoms with E-state index in [0.717, 1.165) is 10.6 Å². The number of benzene rings is 2. The highest BCUT2D eigenvalue weighted by Gasteiger charge is 2.22. The van der Waals surface area contributed by atoms with Gasteiger partial charge in [0.05, 0.1) is 10.7 Å². The molecule has 0 radical (unpaired) electrons. The first-order chi connectivity index (χ1) is 16.5. The summed E-state index contributed by atoms with van der Waals surface area (Å²) in [4.78, 5) is 34.2. The van der Waals surface area contributed by atoms with Crippen molar-refractivity contribution in [2.45, 2.75) is 6.54 Å². The molecule has 34 heavy (non-hydrogen) atoms. The highest BCUT2D eigenvalue weighted by atomic mass is 35.5. The fraction of sp³-hybridized carbons (Fsp3) is 0.217. The molecule has 1 saturated heterocycles. The van der Waals surface area contributed by atoms with Gasteiger partial charge in [0.2, 0.25) is 4.96 Å². The van der Waals surface area contributed by atoms with Gasteiger partial charge in [-0.05, 0) is 18.2 Å². The minimum atomic E-state index is -0.533. The molecule has 0 aliphatic carbocycles. The molecular weight excluding hydrogens is 479 g/mol. The van der Waals surface area contributed by atoms with Gasteiger partial charge in [-0.2, -0.15) is 9.61 Å². The van der Waals surface area contributed by atoms with Crippen LogP contribution in [0.1, 0.15) is 5.69 Å². The van der Waals surface area contributed by atoms with E-state index in [0.29, 0.717) is 49.1 Å². The molecule has 1 fully saturated rings. The van der Waals surface area contributed by atoms with Crippen LogP contribution < -0.4 is 10.9 Å². The third kappa shape index (κ3) is 4.79. The number of urea groups is 1. The van der Waals surface area contributed by atoms with Crippen molar-refractivity contribution in [2.75, 3.05) is 31.5 Å². The van der Waals surface area contributed by atoms with Crippen LogP contribution in [0.2, 0.25) is 5.02 Å². The SMILES string of the molecule is O=C(Nc1ccc(F)c(Cl)c1)N1CCN(Cc2cc(=O)n3nc(-c4ccccc4)sc3n2)CC1. The van der Waals surface area contributed by atoms with Crippen molar-refractivity contribution in [2.24, 2.45) is 0 Å². The zero-order chi connectivity index (χ0) is 23.7. The summed E-state index contributed by atoms with van der Waals surface area (Å²) in [5, 5.41) is 7.85. The van der Waals surface area contributed by atoms with Crippen LogP contribution in [-0.4, -0.2) is 56.6 Å². The van der Waals surface area contributed by atoms with Crippen molar-refractivity contribution in [3.8, 4) is 10.6 Å². The van der Waals surface area contributed by atoms with E-state index in [1.54, 1.807) is 4.90 Å². The van der Waals surface area contributed by atoms with Gasteiger partial charge in [-0.3, -0.25) is 9.69 Å². The third-order valence-electron chi connectivity index (χ3n) is 5.53. The van der Waals surface area contributed by atoms with Crippen LogP contribution in [0.4, 0.5) is 14.9 Å². The Morgan fingerprint density at radius 2 is 1.85 bits per heavy atom. The van der Waals surface area contributed by atoms with E-state index in [1.807, 2.05) is 30.3 Å². The van der Waals surface area contributed by atoms with Crippen molar-refractivity contribution in [1.82, 2.24) is 24.4 Å². The molecule has 0 unspecified atom stereocenters. The van der Waals surface area contributed by atoms with Crippen molar-refractivity contribution in [1.29, 1.82) is 0 Å². The van der Waals surface area contributed by atoms with E-state index in [9.17, 15) is 14.0 Å². The van der Waals surface area contributed by atoms with E-state index < -0.39 is 5.82 Å². The van der Waals surface area contributed by atoms with Gasteiger partial charge in [0.15, 0.2) is 0 Å². The molecule has 1 aliphatic rings. The number of rotatable bonds is 4. The molecular formula is C23H20ClFN6O2S. The lowest BCUT2D eigenvalue weighted by molar-refractivity contribution is 0.142. The zero-order valence-electron chi connectivity index (χ0n) is 17.9. The summed E-state index contributed by atoms with van der Waals surface area (Å²) in [5.41, 5.74) is 1.84. The Labute approximate surface area is 203 Å².